The Bertz CT molecular complexity index is 900. The lowest BCUT2D eigenvalue weighted by molar-refractivity contribution is -0.140. The van der Waals surface area contributed by atoms with Crippen LogP contribution in [0.3, 0.4) is 0 Å². The predicted octanol–water partition coefficient (Wildman–Crippen LogP) is 6.37. The van der Waals surface area contributed by atoms with Crippen molar-refractivity contribution in [3.05, 3.63) is 70.6 Å². The summed E-state index contributed by atoms with van der Waals surface area (Å²) in [5.74, 6) is -0.525. The molecule has 0 aliphatic heterocycles. The minimum Gasteiger partial charge on any atom is -0.227 e. The van der Waals surface area contributed by atoms with Gasteiger partial charge in [0.05, 0.1) is 4.88 Å². The van der Waals surface area contributed by atoms with E-state index in [9.17, 15) is 17.6 Å². The molecule has 2 nitrogen and oxygen atoms in total. The van der Waals surface area contributed by atoms with Crippen LogP contribution in [0, 0.1) is 5.82 Å². The van der Waals surface area contributed by atoms with Gasteiger partial charge in [0.1, 0.15) is 5.82 Å². The second kappa shape index (κ2) is 6.93. The maximum Gasteiger partial charge on any atom is 0.434 e. The van der Waals surface area contributed by atoms with Gasteiger partial charge in [-0.15, -0.1) is 0 Å². The Kier molecular flexibility index (Phi) is 4.87. The van der Waals surface area contributed by atoms with Crippen LogP contribution >= 0.6 is 22.9 Å². The highest BCUT2D eigenvalue weighted by Crippen LogP contribution is 2.42. The third-order valence-corrected chi connectivity index (χ3v) is 4.45. The van der Waals surface area contributed by atoms with Crippen LogP contribution in [-0.4, -0.2) is 11.2 Å². The van der Waals surface area contributed by atoms with E-state index in [4.69, 9.17) is 11.6 Å². The summed E-state index contributed by atoms with van der Waals surface area (Å²) in [7, 11) is 0. The molecule has 1 aromatic heterocycles. The maximum absolute atomic E-state index is 13.2. The number of thiazole rings is 1. The zero-order valence-electron chi connectivity index (χ0n) is 12.4. The summed E-state index contributed by atoms with van der Waals surface area (Å²) in [6.07, 6.45) is -3.22. The van der Waals surface area contributed by atoms with Crippen molar-refractivity contribution in [3.8, 4) is 10.4 Å². The summed E-state index contributed by atoms with van der Waals surface area (Å²) >= 11 is 6.57. The maximum atomic E-state index is 13.2. The predicted molar refractivity (Wildman–Crippen MR) is 91.2 cm³/mol. The standard InChI is InChI=1S/C17H9ClF4N2S/c18-12-5-1-10(2-6-12)9-23-16-24-15(17(20,21)22)14(25-16)11-3-7-13(19)8-4-11/h1-9H. The highest BCUT2D eigenvalue weighted by atomic mass is 35.5. The van der Waals surface area contributed by atoms with Crippen molar-refractivity contribution >= 4 is 34.3 Å². The lowest BCUT2D eigenvalue weighted by Crippen LogP contribution is -2.06. The number of aliphatic imine (C=N–C) groups is 1. The van der Waals surface area contributed by atoms with Crippen molar-refractivity contribution in [2.45, 2.75) is 6.18 Å². The lowest BCUT2D eigenvalue weighted by atomic mass is 10.1. The fourth-order valence-electron chi connectivity index (χ4n) is 2.03. The summed E-state index contributed by atoms with van der Waals surface area (Å²) < 4.78 is 52.7. The van der Waals surface area contributed by atoms with E-state index in [1.165, 1.54) is 18.3 Å². The number of nitrogens with zero attached hydrogens (tertiary/aromatic N) is 2. The van der Waals surface area contributed by atoms with Crippen molar-refractivity contribution in [2.75, 3.05) is 0 Å². The van der Waals surface area contributed by atoms with Gasteiger partial charge in [0.2, 0.25) is 5.13 Å². The smallest absolute Gasteiger partial charge is 0.227 e. The van der Waals surface area contributed by atoms with Gasteiger partial charge in [-0.05, 0) is 35.4 Å². The molecule has 0 fully saturated rings. The van der Waals surface area contributed by atoms with Gasteiger partial charge < -0.3 is 0 Å². The van der Waals surface area contributed by atoms with Crippen LogP contribution in [-0.2, 0) is 6.18 Å². The van der Waals surface area contributed by atoms with Gasteiger partial charge in [0, 0.05) is 11.2 Å². The fourth-order valence-corrected chi connectivity index (χ4v) is 3.09. The van der Waals surface area contributed by atoms with Crippen LogP contribution in [0.5, 0.6) is 0 Å². The zero-order chi connectivity index (χ0) is 18.0. The van der Waals surface area contributed by atoms with Crippen LogP contribution in [0.15, 0.2) is 53.5 Å². The molecule has 25 heavy (non-hydrogen) atoms. The van der Waals surface area contributed by atoms with Crippen LogP contribution in [0.25, 0.3) is 10.4 Å². The van der Waals surface area contributed by atoms with Crippen LogP contribution in [0.2, 0.25) is 5.02 Å². The Hall–Kier alpha value is -2.25. The summed E-state index contributed by atoms with van der Waals surface area (Å²) in [6, 6.07) is 11.4. The number of rotatable bonds is 3. The van der Waals surface area contributed by atoms with E-state index < -0.39 is 17.7 Å². The quantitative estimate of drug-likeness (QED) is 0.380. The summed E-state index contributed by atoms with van der Waals surface area (Å²) in [5.41, 5.74) is -0.122. The minimum absolute atomic E-state index is 0.0402. The monoisotopic (exact) mass is 384 g/mol. The van der Waals surface area contributed by atoms with Gasteiger partial charge >= 0.3 is 6.18 Å². The number of halogens is 5. The molecular formula is C17H9ClF4N2S. The Morgan fingerprint density at radius 3 is 2.24 bits per heavy atom. The first-order valence-corrected chi connectivity index (χ1v) is 8.16. The van der Waals surface area contributed by atoms with Gasteiger partial charge in [-0.1, -0.05) is 47.2 Å². The topological polar surface area (TPSA) is 25.2 Å². The van der Waals surface area contributed by atoms with Gasteiger partial charge in [-0.2, -0.15) is 13.2 Å². The number of aromatic nitrogens is 1. The third-order valence-electron chi connectivity index (χ3n) is 3.18. The first-order chi connectivity index (χ1) is 11.8. The number of alkyl halides is 3. The molecule has 128 valence electrons. The van der Waals surface area contributed by atoms with Crippen molar-refractivity contribution in [2.24, 2.45) is 4.99 Å². The van der Waals surface area contributed by atoms with Crippen molar-refractivity contribution < 1.29 is 17.6 Å². The fraction of sp³-hybridized carbons (Fsp3) is 0.0588. The van der Waals surface area contributed by atoms with Gasteiger partial charge in [-0.3, -0.25) is 0 Å². The average Bonchev–Trinajstić information content (AvgIpc) is 3.00. The van der Waals surface area contributed by atoms with E-state index in [1.54, 1.807) is 24.3 Å². The van der Waals surface area contributed by atoms with E-state index in [0.29, 0.717) is 10.6 Å². The normalized spacial score (nSPS) is 12.0. The molecule has 0 bridgehead atoms. The zero-order valence-corrected chi connectivity index (χ0v) is 14.0. The molecule has 0 aliphatic rings. The number of hydrogen-bond donors (Lipinski definition) is 0. The Labute approximate surface area is 149 Å². The second-order valence-electron chi connectivity index (χ2n) is 4.99. The average molecular weight is 385 g/mol. The number of benzene rings is 2. The largest absolute Gasteiger partial charge is 0.434 e. The van der Waals surface area contributed by atoms with Crippen LogP contribution in [0.1, 0.15) is 11.3 Å². The molecule has 1 heterocycles. The third kappa shape index (κ3) is 4.24. The van der Waals surface area contributed by atoms with Gasteiger partial charge in [0.25, 0.3) is 0 Å². The van der Waals surface area contributed by atoms with E-state index in [0.717, 1.165) is 23.5 Å². The first-order valence-electron chi connectivity index (χ1n) is 6.96. The molecule has 3 rings (SSSR count). The Morgan fingerprint density at radius 1 is 1.00 bits per heavy atom. The van der Waals surface area contributed by atoms with Crippen molar-refractivity contribution in [1.82, 2.24) is 4.98 Å². The van der Waals surface area contributed by atoms with Crippen LogP contribution in [0.4, 0.5) is 22.7 Å². The molecule has 2 aromatic carbocycles. The lowest BCUT2D eigenvalue weighted by Gasteiger charge is -2.05. The van der Waals surface area contributed by atoms with Crippen molar-refractivity contribution in [1.29, 1.82) is 0 Å². The van der Waals surface area contributed by atoms with E-state index in [-0.39, 0.29) is 15.6 Å². The highest BCUT2D eigenvalue weighted by Gasteiger charge is 2.37. The second-order valence-corrected chi connectivity index (χ2v) is 6.40. The molecule has 0 radical (unpaired) electrons. The van der Waals surface area contributed by atoms with Gasteiger partial charge in [-0.25, -0.2) is 14.4 Å². The molecular weight excluding hydrogens is 376 g/mol. The molecule has 0 amide bonds. The molecule has 0 saturated carbocycles. The van der Waals surface area contributed by atoms with Gasteiger partial charge in [0.15, 0.2) is 5.69 Å². The SMILES string of the molecule is Fc1ccc(-c2sc(N=Cc3ccc(Cl)cc3)nc2C(F)(F)F)cc1. The first kappa shape index (κ1) is 17.6. The minimum atomic E-state index is -4.63. The van der Waals surface area contributed by atoms with Crippen LogP contribution < -0.4 is 0 Å². The molecule has 0 atom stereocenters. The number of hydrogen-bond acceptors (Lipinski definition) is 3. The Balaban J connectivity index is 1.98. The van der Waals surface area contributed by atoms with Crippen molar-refractivity contribution in [3.63, 3.8) is 0 Å². The molecule has 0 N–H and O–H groups in total. The van der Waals surface area contributed by atoms with E-state index in [1.807, 2.05) is 0 Å². The summed E-state index contributed by atoms with van der Waals surface area (Å²) in [6.45, 7) is 0. The molecule has 0 unspecified atom stereocenters. The Morgan fingerprint density at radius 2 is 1.64 bits per heavy atom. The summed E-state index contributed by atoms with van der Waals surface area (Å²) in [4.78, 5) is 7.50. The molecule has 0 aliphatic carbocycles. The molecule has 0 spiro atoms. The highest BCUT2D eigenvalue weighted by molar-refractivity contribution is 7.18. The van der Waals surface area contributed by atoms with E-state index >= 15 is 0 Å². The molecule has 3 aromatic rings. The summed E-state index contributed by atoms with van der Waals surface area (Å²) in [5, 5.41) is 0.506. The molecule has 0 saturated heterocycles. The van der Waals surface area contributed by atoms with E-state index in [2.05, 4.69) is 9.98 Å². The molecule has 8 heteroatoms.